The molecule has 0 aromatic carbocycles. The standard InChI is InChI=1S/C11H8ClN5S/c1-7-3-4-8(18-7)9-14-10(12)16-11(15-9)17-6-2-5-13-17/h2-6H,1H3. The molecule has 90 valence electrons. The third kappa shape index (κ3) is 2.12. The van der Waals surface area contributed by atoms with Crippen LogP contribution in [0.5, 0.6) is 0 Å². The van der Waals surface area contributed by atoms with E-state index < -0.39 is 0 Å². The summed E-state index contributed by atoms with van der Waals surface area (Å²) in [6.45, 7) is 2.03. The summed E-state index contributed by atoms with van der Waals surface area (Å²) in [5.41, 5.74) is 0. The molecule has 0 radical (unpaired) electrons. The van der Waals surface area contributed by atoms with E-state index in [-0.39, 0.29) is 5.28 Å². The van der Waals surface area contributed by atoms with Crippen molar-refractivity contribution >= 4 is 22.9 Å². The third-order valence-electron chi connectivity index (χ3n) is 2.27. The van der Waals surface area contributed by atoms with Crippen molar-refractivity contribution in [3.8, 4) is 16.6 Å². The Labute approximate surface area is 112 Å². The lowest BCUT2D eigenvalue weighted by molar-refractivity contribution is 0.798. The van der Waals surface area contributed by atoms with Gasteiger partial charge in [0.1, 0.15) is 0 Å². The molecule has 18 heavy (non-hydrogen) atoms. The van der Waals surface area contributed by atoms with E-state index in [1.807, 2.05) is 19.1 Å². The molecular weight excluding hydrogens is 270 g/mol. The molecule has 0 aliphatic rings. The van der Waals surface area contributed by atoms with E-state index in [4.69, 9.17) is 11.6 Å². The molecule has 3 aromatic heterocycles. The largest absolute Gasteiger partial charge is 0.255 e. The lowest BCUT2D eigenvalue weighted by Gasteiger charge is -2.02. The Morgan fingerprint density at radius 1 is 1.22 bits per heavy atom. The van der Waals surface area contributed by atoms with Crippen LogP contribution in [0.3, 0.4) is 0 Å². The van der Waals surface area contributed by atoms with E-state index in [1.54, 1.807) is 34.5 Å². The zero-order valence-corrected chi connectivity index (χ0v) is 11.0. The molecule has 3 rings (SSSR count). The fourth-order valence-corrected chi connectivity index (χ4v) is 2.45. The maximum absolute atomic E-state index is 5.92. The molecule has 0 bridgehead atoms. The van der Waals surface area contributed by atoms with Crippen LogP contribution >= 0.6 is 22.9 Å². The van der Waals surface area contributed by atoms with Gasteiger partial charge in [-0.3, -0.25) is 0 Å². The fraction of sp³-hybridized carbons (Fsp3) is 0.0909. The van der Waals surface area contributed by atoms with E-state index in [9.17, 15) is 0 Å². The summed E-state index contributed by atoms with van der Waals surface area (Å²) in [5, 5.41) is 4.24. The summed E-state index contributed by atoms with van der Waals surface area (Å²) in [6.07, 6.45) is 3.42. The first-order chi connectivity index (χ1) is 8.72. The van der Waals surface area contributed by atoms with Gasteiger partial charge in [0.05, 0.1) is 4.88 Å². The number of thiophene rings is 1. The molecule has 3 aromatic rings. The first kappa shape index (κ1) is 11.3. The highest BCUT2D eigenvalue weighted by Gasteiger charge is 2.10. The molecule has 0 amide bonds. The van der Waals surface area contributed by atoms with Crippen molar-refractivity contribution < 1.29 is 0 Å². The fourth-order valence-electron chi connectivity index (χ4n) is 1.49. The topological polar surface area (TPSA) is 56.5 Å². The zero-order valence-electron chi connectivity index (χ0n) is 9.41. The van der Waals surface area contributed by atoms with Crippen molar-refractivity contribution in [1.82, 2.24) is 24.7 Å². The van der Waals surface area contributed by atoms with Gasteiger partial charge in [0.2, 0.25) is 5.28 Å². The number of aryl methyl sites for hydroxylation is 1. The van der Waals surface area contributed by atoms with E-state index in [2.05, 4.69) is 20.1 Å². The summed E-state index contributed by atoms with van der Waals surface area (Å²) in [5.74, 6) is 0.986. The van der Waals surface area contributed by atoms with Gasteiger partial charge in [-0.2, -0.15) is 20.1 Å². The molecule has 5 nitrogen and oxygen atoms in total. The van der Waals surface area contributed by atoms with Crippen molar-refractivity contribution in [2.75, 3.05) is 0 Å². The second-order valence-corrected chi connectivity index (χ2v) is 5.21. The Bertz CT molecular complexity index is 677. The Morgan fingerprint density at radius 2 is 2.11 bits per heavy atom. The molecule has 0 saturated carbocycles. The molecule has 3 heterocycles. The first-order valence-corrected chi connectivity index (χ1v) is 6.40. The molecule has 0 spiro atoms. The summed E-state index contributed by atoms with van der Waals surface area (Å²) >= 11 is 7.54. The Balaban J connectivity index is 2.11. The van der Waals surface area contributed by atoms with Crippen molar-refractivity contribution in [3.05, 3.63) is 40.8 Å². The summed E-state index contributed by atoms with van der Waals surface area (Å²) in [6, 6.07) is 5.79. The van der Waals surface area contributed by atoms with Gasteiger partial charge in [-0.1, -0.05) is 0 Å². The maximum Gasteiger partial charge on any atom is 0.255 e. The van der Waals surface area contributed by atoms with E-state index in [0.29, 0.717) is 11.8 Å². The van der Waals surface area contributed by atoms with Crippen LogP contribution in [0.4, 0.5) is 0 Å². The van der Waals surface area contributed by atoms with Crippen molar-refractivity contribution in [2.24, 2.45) is 0 Å². The lowest BCUT2D eigenvalue weighted by atomic mass is 10.4. The molecule has 7 heteroatoms. The zero-order chi connectivity index (χ0) is 12.5. The highest BCUT2D eigenvalue weighted by atomic mass is 35.5. The predicted octanol–water partition coefficient (Wildman–Crippen LogP) is 2.75. The number of halogens is 1. The lowest BCUT2D eigenvalue weighted by Crippen LogP contribution is -2.04. The average molecular weight is 278 g/mol. The average Bonchev–Trinajstić information content (AvgIpc) is 2.98. The highest BCUT2D eigenvalue weighted by molar-refractivity contribution is 7.15. The number of hydrogen-bond donors (Lipinski definition) is 0. The number of aromatic nitrogens is 5. The first-order valence-electron chi connectivity index (χ1n) is 5.21. The smallest absolute Gasteiger partial charge is 0.206 e. The van der Waals surface area contributed by atoms with Crippen LogP contribution in [0.1, 0.15) is 4.88 Å². The molecular formula is C11H8ClN5S. The Kier molecular flexibility index (Phi) is 2.81. The normalized spacial score (nSPS) is 10.8. The van der Waals surface area contributed by atoms with Crippen LogP contribution in [0.15, 0.2) is 30.6 Å². The van der Waals surface area contributed by atoms with Crippen molar-refractivity contribution in [1.29, 1.82) is 0 Å². The van der Waals surface area contributed by atoms with Crippen LogP contribution in [-0.4, -0.2) is 24.7 Å². The summed E-state index contributed by atoms with van der Waals surface area (Å²) < 4.78 is 1.55. The molecule has 0 saturated heterocycles. The molecule has 0 unspecified atom stereocenters. The van der Waals surface area contributed by atoms with Gasteiger partial charge in [-0.15, -0.1) is 11.3 Å². The Morgan fingerprint density at radius 3 is 2.78 bits per heavy atom. The van der Waals surface area contributed by atoms with Gasteiger partial charge in [0.15, 0.2) is 5.82 Å². The van der Waals surface area contributed by atoms with Crippen LogP contribution < -0.4 is 0 Å². The predicted molar refractivity (Wildman–Crippen MR) is 70.0 cm³/mol. The number of rotatable bonds is 2. The van der Waals surface area contributed by atoms with Crippen molar-refractivity contribution in [2.45, 2.75) is 6.92 Å². The third-order valence-corrected chi connectivity index (χ3v) is 3.43. The maximum atomic E-state index is 5.92. The minimum absolute atomic E-state index is 0.163. The summed E-state index contributed by atoms with van der Waals surface area (Å²) in [4.78, 5) is 14.7. The van der Waals surface area contributed by atoms with Crippen molar-refractivity contribution in [3.63, 3.8) is 0 Å². The number of hydrogen-bond acceptors (Lipinski definition) is 5. The summed E-state index contributed by atoms with van der Waals surface area (Å²) in [7, 11) is 0. The SMILES string of the molecule is Cc1ccc(-c2nc(Cl)nc(-n3cccn3)n2)s1. The highest BCUT2D eigenvalue weighted by Crippen LogP contribution is 2.25. The van der Waals surface area contributed by atoms with Gasteiger partial charge in [0, 0.05) is 17.3 Å². The molecule has 0 fully saturated rings. The van der Waals surface area contributed by atoms with Gasteiger partial charge in [0.25, 0.3) is 5.95 Å². The van der Waals surface area contributed by atoms with Crippen LogP contribution in [0.2, 0.25) is 5.28 Å². The van der Waals surface area contributed by atoms with Gasteiger partial charge in [-0.05, 0) is 36.7 Å². The van der Waals surface area contributed by atoms with E-state index in [1.165, 1.54) is 4.88 Å². The second-order valence-electron chi connectivity index (χ2n) is 3.59. The van der Waals surface area contributed by atoms with Crippen LogP contribution in [-0.2, 0) is 0 Å². The quantitative estimate of drug-likeness (QED) is 0.723. The minimum Gasteiger partial charge on any atom is -0.206 e. The second kappa shape index (κ2) is 4.47. The van der Waals surface area contributed by atoms with E-state index in [0.717, 1.165) is 4.88 Å². The van der Waals surface area contributed by atoms with Crippen LogP contribution in [0.25, 0.3) is 16.6 Å². The molecule has 0 atom stereocenters. The Hall–Kier alpha value is -1.79. The molecule has 0 aliphatic carbocycles. The van der Waals surface area contributed by atoms with Crippen LogP contribution in [0, 0.1) is 6.92 Å². The molecule has 0 N–H and O–H groups in total. The van der Waals surface area contributed by atoms with E-state index >= 15 is 0 Å². The monoisotopic (exact) mass is 277 g/mol. The van der Waals surface area contributed by atoms with Gasteiger partial charge in [-0.25, -0.2) is 4.68 Å². The minimum atomic E-state index is 0.163. The van der Waals surface area contributed by atoms with Gasteiger partial charge < -0.3 is 0 Å². The molecule has 0 aliphatic heterocycles. The van der Waals surface area contributed by atoms with Gasteiger partial charge >= 0.3 is 0 Å². The number of nitrogens with zero attached hydrogens (tertiary/aromatic N) is 5.